The Balaban J connectivity index is 2.12. The molecule has 0 fully saturated rings. The summed E-state index contributed by atoms with van der Waals surface area (Å²) < 4.78 is 15.2. The van der Waals surface area contributed by atoms with Crippen LogP contribution in [0.2, 0.25) is 5.02 Å². The number of Topliss-reactive ketones (excluding diaryl/α,β-unsaturated/α-hetero) is 1. The van der Waals surface area contributed by atoms with Gasteiger partial charge in [0.05, 0.1) is 19.3 Å². The Morgan fingerprint density at radius 1 is 1.23 bits per heavy atom. The zero-order valence-electron chi connectivity index (χ0n) is 18.0. The first-order chi connectivity index (χ1) is 14.8. The Labute approximate surface area is 186 Å². The van der Waals surface area contributed by atoms with E-state index >= 15 is 0 Å². The number of carbonyl (C=O) groups excluding carboxylic acids is 3. The van der Waals surface area contributed by atoms with Gasteiger partial charge in [0.15, 0.2) is 5.78 Å². The summed E-state index contributed by atoms with van der Waals surface area (Å²) in [5.74, 6) is -3.38. The number of rotatable bonds is 6. The summed E-state index contributed by atoms with van der Waals surface area (Å²) in [5.41, 5.74) is 2.66. The largest absolute Gasteiger partial charge is 0.468 e. The molecule has 1 heterocycles. The third-order valence-corrected chi connectivity index (χ3v) is 5.90. The molecule has 3 atom stereocenters. The van der Waals surface area contributed by atoms with E-state index in [2.05, 4.69) is 5.32 Å². The van der Waals surface area contributed by atoms with E-state index in [1.807, 2.05) is 6.92 Å². The molecule has 0 radical (unpaired) electrons. The number of hydrogen-bond donors (Lipinski definition) is 1. The third kappa shape index (κ3) is 4.52. The lowest BCUT2D eigenvalue weighted by Crippen LogP contribution is -2.43. The lowest BCUT2D eigenvalue weighted by atomic mass is 9.69. The molecule has 2 aliphatic rings. The predicted molar refractivity (Wildman–Crippen MR) is 114 cm³/mol. The van der Waals surface area contributed by atoms with Crippen molar-refractivity contribution in [2.75, 3.05) is 27.4 Å². The zero-order chi connectivity index (χ0) is 22.7. The molecular weight excluding hydrogens is 422 g/mol. The molecule has 1 aromatic rings. The Hall–Kier alpha value is -2.64. The fourth-order valence-corrected chi connectivity index (χ4v) is 4.46. The van der Waals surface area contributed by atoms with E-state index in [0.29, 0.717) is 39.5 Å². The summed E-state index contributed by atoms with van der Waals surface area (Å²) in [6.07, 6.45) is 0.473. The number of benzene rings is 1. The van der Waals surface area contributed by atoms with Crippen molar-refractivity contribution < 1.29 is 28.6 Å². The number of esters is 2. The smallest absolute Gasteiger partial charge is 0.336 e. The van der Waals surface area contributed by atoms with Gasteiger partial charge in [-0.2, -0.15) is 0 Å². The van der Waals surface area contributed by atoms with E-state index < -0.39 is 23.8 Å². The fourth-order valence-electron chi connectivity index (χ4n) is 4.27. The molecule has 1 aliphatic heterocycles. The highest BCUT2D eigenvalue weighted by Gasteiger charge is 2.47. The monoisotopic (exact) mass is 447 g/mol. The van der Waals surface area contributed by atoms with Crippen LogP contribution in [0.25, 0.3) is 0 Å². The van der Waals surface area contributed by atoms with E-state index in [1.165, 1.54) is 14.2 Å². The number of ether oxygens (including phenoxy) is 3. The van der Waals surface area contributed by atoms with E-state index in [1.54, 1.807) is 31.2 Å². The van der Waals surface area contributed by atoms with Crippen molar-refractivity contribution in [1.29, 1.82) is 0 Å². The summed E-state index contributed by atoms with van der Waals surface area (Å²) in [6.45, 7) is 3.95. The molecule has 1 aliphatic carbocycles. The highest BCUT2D eigenvalue weighted by atomic mass is 35.5. The number of dihydropyridines is 1. The van der Waals surface area contributed by atoms with Gasteiger partial charge in [-0.15, -0.1) is 0 Å². The SMILES string of the molecule is COCCOC(=O)C1=C(C)NC2=C(C(=O)[C@H](C(=O)OC)[C@@H](C)C2)[C@H]1c1cccc(Cl)c1. The van der Waals surface area contributed by atoms with Gasteiger partial charge in [0, 0.05) is 35.0 Å². The van der Waals surface area contributed by atoms with Crippen LogP contribution in [0.4, 0.5) is 0 Å². The van der Waals surface area contributed by atoms with Crippen molar-refractivity contribution in [3.63, 3.8) is 0 Å². The Kier molecular flexibility index (Phi) is 7.18. The number of hydrogen-bond acceptors (Lipinski definition) is 7. The average Bonchev–Trinajstić information content (AvgIpc) is 2.72. The Morgan fingerprint density at radius 3 is 2.61 bits per heavy atom. The molecule has 0 spiro atoms. The number of carbonyl (C=O) groups is 3. The van der Waals surface area contributed by atoms with Gasteiger partial charge in [-0.05, 0) is 37.0 Å². The van der Waals surface area contributed by atoms with E-state index in [0.717, 1.165) is 0 Å². The lowest BCUT2D eigenvalue weighted by molar-refractivity contribution is -0.151. The maximum Gasteiger partial charge on any atom is 0.336 e. The second-order valence-corrected chi connectivity index (χ2v) is 8.16. The van der Waals surface area contributed by atoms with Gasteiger partial charge >= 0.3 is 11.9 Å². The van der Waals surface area contributed by atoms with Crippen molar-refractivity contribution >= 4 is 29.3 Å². The van der Waals surface area contributed by atoms with Crippen LogP contribution in [0.1, 0.15) is 31.7 Å². The summed E-state index contributed by atoms with van der Waals surface area (Å²) >= 11 is 6.23. The standard InChI is InChI=1S/C23H26ClNO6/c1-12-10-16-20(21(26)17(12)22(27)30-4)19(14-6-5-7-15(24)11-14)18(13(2)25-16)23(28)31-9-8-29-3/h5-7,11-12,17,19,25H,8-10H2,1-4H3/t12-,17+,19-/m0/s1. The summed E-state index contributed by atoms with van der Waals surface area (Å²) in [6, 6.07) is 7.00. The molecule has 0 bridgehead atoms. The van der Waals surface area contributed by atoms with Crippen molar-refractivity contribution in [2.24, 2.45) is 11.8 Å². The average molecular weight is 448 g/mol. The maximum atomic E-state index is 13.5. The van der Waals surface area contributed by atoms with Crippen LogP contribution in [0.15, 0.2) is 46.8 Å². The molecule has 0 amide bonds. The summed E-state index contributed by atoms with van der Waals surface area (Å²) in [4.78, 5) is 39.0. The number of ketones is 1. The molecule has 0 aromatic heterocycles. The van der Waals surface area contributed by atoms with Crippen molar-refractivity contribution in [1.82, 2.24) is 5.32 Å². The highest BCUT2D eigenvalue weighted by Crippen LogP contribution is 2.45. The molecule has 0 saturated carbocycles. The summed E-state index contributed by atoms with van der Waals surface area (Å²) in [5, 5.41) is 3.69. The lowest BCUT2D eigenvalue weighted by Gasteiger charge is -2.38. The van der Waals surface area contributed by atoms with Gasteiger partial charge in [0.25, 0.3) is 0 Å². The van der Waals surface area contributed by atoms with E-state index in [-0.39, 0.29) is 24.9 Å². The van der Waals surface area contributed by atoms with Crippen LogP contribution in [-0.4, -0.2) is 45.2 Å². The minimum Gasteiger partial charge on any atom is -0.468 e. The maximum absolute atomic E-state index is 13.5. The normalized spacial score (nSPS) is 23.3. The molecule has 1 N–H and O–H groups in total. The third-order valence-electron chi connectivity index (χ3n) is 5.67. The number of methoxy groups -OCH3 is 2. The molecule has 3 rings (SSSR count). The van der Waals surface area contributed by atoms with E-state index in [4.69, 9.17) is 25.8 Å². The minimum atomic E-state index is -0.934. The molecule has 0 unspecified atom stereocenters. The van der Waals surface area contributed by atoms with Crippen molar-refractivity contribution in [3.8, 4) is 0 Å². The van der Waals surface area contributed by atoms with Crippen LogP contribution in [0, 0.1) is 11.8 Å². The first kappa shape index (κ1) is 23.0. The molecule has 31 heavy (non-hydrogen) atoms. The van der Waals surface area contributed by atoms with Gasteiger partial charge in [0.1, 0.15) is 12.5 Å². The first-order valence-electron chi connectivity index (χ1n) is 10.0. The van der Waals surface area contributed by atoms with Crippen LogP contribution in [0.5, 0.6) is 0 Å². The van der Waals surface area contributed by atoms with Gasteiger partial charge in [-0.1, -0.05) is 30.7 Å². The van der Waals surface area contributed by atoms with Crippen LogP contribution in [0.3, 0.4) is 0 Å². The Bertz CT molecular complexity index is 967. The second-order valence-electron chi connectivity index (χ2n) is 7.72. The topological polar surface area (TPSA) is 90.9 Å². The van der Waals surface area contributed by atoms with Crippen LogP contribution >= 0.6 is 11.6 Å². The van der Waals surface area contributed by atoms with Gasteiger partial charge in [-0.25, -0.2) is 4.79 Å². The minimum absolute atomic E-state index is 0.0794. The van der Waals surface area contributed by atoms with Gasteiger partial charge in [0.2, 0.25) is 0 Å². The zero-order valence-corrected chi connectivity index (χ0v) is 18.7. The number of nitrogens with one attached hydrogen (secondary N) is 1. The molecule has 166 valence electrons. The molecular formula is C23H26ClNO6. The fraction of sp³-hybridized carbons (Fsp3) is 0.435. The quantitative estimate of drug-likeness (QED) is 0.407. The predicted octanol–water partition coefficient (Wildman–Crippen LogP) is 3.14. The van der Waals surface area contributed by atoms with Crippen molar-refractivity contribution in [3.05, 3.63) is 57.4 Å². The van der Waals surface area contributed by atoms with E-state index in [9.17, 15) is 14.4 Å². The Morgan fingerprint density at radius 2 is 1.97 bits per heavy atom. The van der Waals surface area contributed by atoms with Crippen molar-refractivity contribution in [2.45, 2.75) is 26.2 Å². The first-order valence-corrected chi connectivity index (χ1v) is 10.4. The molecule has 0 saturated heterocycles. The van der Waals surface area contributed by atoms with Crippen LogP contribution < -0.4 is 5.32 Å². The second kappa shape index (κ2) is 9.66. The van der Waals surface area contributed by atoms with Crippen LogP contribution in [-0.2, 0) is 28.6 Å². The molecule has 1 aromatic carbocycles. The highest BCUT2D eigenvalue weighted by molar-refractivity contribution is 6.30. The molecule has 7 nitrogen and oxygen atoms in total. The number of allylic oxidation sites excluding steroid dienone is 3. The number of halogens is 1. The van der Waals surface area contributed by atoms with Gasteiger partial charge in [-0.3, -0.25) is 9.59 Å². The van der Waals surface area contributed by atoms with Gasteiger partial charge < -0.3 is 19.5 Å². The summed E-state index contributed by atoms with van der Waals surface area (Å²) in [7, 11) is 2.78. The molecule has 8 heteroatoms.